The highest BCUT2D eigenvalue weighted by molar-refractivity contribution is 5.61. The standard InChI is InChI=1S/C14H19N5/c1-11-17-13(16-9-8-15)10-14(18-11)19(2)12-6-4-3-5-7-12/h3-7,10H,8-9,15H2,1-2H3,(H,16,17,18). The molecule has 19 heavy (non-hydrogen) atoms. The topological polar surface area (TPSA) is 67.1 Å². The highest BCUT2D eigenvalue weighted by Gasteiger charge is 2.07. The minimum atomic E-state index is 0.576. The van der Waals surface area contributed by atoms with Crippen LogP contribution in [-0.4, -0.2) is 30.1 Å². The van der Waals surface area contributed by atoms with Crippen LogP contribution in [0, 0.1) is 6.92 Å². The minimum Gasteiger partial charge on any atom is -0.369 e. The van der Waals surface area contributed by atoms with Gasteiger partial charge in [-0.1, -0.05) is 18.2 Å². The molecular weight excluding hydrogens is 238 g/mol. The molecule has 0 aliphatic heterocycles. The van der Waals surface area contributed by atoms with Crippen LogP contribution in [0.5, 0.6) is 0 Å². The molecule has 5 nitrogen and oxygen atoms in total. The van der Waals surface area contributed by atoms with E-state index in [0.29, 0.717) is 13.1 Å². The molecule has 0 unspecified atom stereocenters. The van der Waals surface area contributed by atoms with Crippen molar-refractivity contribution in [3.63, 3.8) is 0 Å². The number of nitrogens with zero attached hydrogens (tertiary/aromatic N) is 3. The maximum Gasteiger partial charge on any atom is 0.138 e. The molecule has 0 bridgehead atoms. The number of nitrogens with two attached hydrogens (primary N) is 1. The lowest BCUT2D eigenvalue weighted by Crippen LogP contribution is -2.16. The van der Waals surface area contributed by atoms with Crippen molar-refractivity contribution in [3.8, 4) is 0 Å². The number of benzene rings is 1. The van der Waals surface area contributed by atoms with Crippen molar-refractivity contribution in [1.29, 1.82) is 0 Å². The number of para-hydroxylation sites is 1. The molecule has 2 rings (SSSR count). The van der Waals surface area contributed by atoms with Crippen molar-refractivity contribution in [3.05, 3.63) is 42.2 Å². The molecule has 1 heterocycles. The molecule has 3 N–H and O–H groups in total. The smallest absolute Gasteiger partial charge is 0.138 e. The van der Waals surface area contributed by atoms with E-state index in [0.717, 1.165) is 23.1 Å². The molecule has 0 radical (unpaired) electrons. The van der Waals surface area contributed by atoms with Crippen LogP contribution in [0.25, 0.3) is 0 Å². The second-order valence-corrected chi connectivity index (χ2v) is 4.27. The van der Waals surface area contributed by atoms with E-state index in [1.807, 2.05) is 55.3 Å². The van der Waals surface area contributed by atoms with E-state index >= 15 is 0 Å². The molecule has 0 amide bonds. The van der Waals surface area contributed by atoms with Gasteiger partial charge in [0, 0.05) is 31.9 Å². The second-order valence-electron chi connectivity index (χ2n) is 4.27. The molecule has 0 saturated carbocycles. The van der Waals surface area contributed by atoms with Crippen LogP contribution in [0.2, 0.25) is 0 Å². The van der Waals surface area contributed by atoms with Crippen LogP contribution in [0.15, 0.2) is 36.4 Å². The molecule has 0 aliphatic carbocycles. The highest BCUT2D eigenvalue weighted by Crippen LogP contribution is 2.22. The zero-order chi connectivity index (χ0) is 13.7. The zero-order valence-electron chi connectivity index (χ0n) is 11.3. The van der Waals surface area contributed by atoms with Crippen LogP contribution in [0.4, 0.5) is 17.3 Å². The third-order valence-corrected chi connectivity index (χ3v) is 2.76. The van der Waals surface area contributed by atoms with Crippen molar-refractivity contribution in [1.82, 2.24) is 9.97 Å². The summed E-state index contributed by atoms with van der Waals surface area (Å²) >= 11 is 0. The van der Waals surface area contributed by atoms with Crippen molar-refractivity contribution >= 4 is 17.3 Å². The molecule has 100 valence electrons. The van der Waals surface area contributed by atoms with Crippen LogP contribution < -0.4 is 16.0 Å². The summed E-state index contributed by atoms with van der Waals surface area (Å²) in [7, 11) is 1.99. The number of aryl methyl sites for hydroxylation is 1. The van der Waals surface area contributed by atoms with E-state index in [1.165, 1.54) is 0 Å². The van der Waals surface area contributed by atoms with E-state index in [2.05, 4.69) is 15.3 Å². The number of rotatable bonds is 5. The van der Waals surface area contributed by atoms with E-state index in [4.69, 9.17) is 5.73 Å². The summed E-state index contributed by atoms with van der Waals surface area (Å²) < 4.78 is 0. The Labute approximate surface area is 113 Å². The predicted molar refractivity (Wildman–Crippen MR) is 78.8 cm³/mol. The lowest BCUT2D eigenvalue weighted by Gasteiger charge is -2.19. The molecule has 0 atom stereocenters. The highest BCUT2D eigenvalue weighted by atomic mass is 15.2. The molecular formula is C14H19N5. The molecule has 0 fully saturated rings. The van der Waals surface area contributed by atoms with Gasteiger partial charge in [0.25, 0.3) is 0 Å². The Morgan fingerprint density at radius 1 is 1.21 bits per heavy atom. The first-order valence-corrected chi connectivity index (χ1v) is 6.29. The average molecular weight is 257 g/mol. The molecule has 5 heteroatoms. The lowest BCUT2D eigenvalue weighted by molar-refractivity contribution is 0.973. The van der Waals surface area contributed by atoms with Gasteiger partial charge in [0.15, 0.2) is 0 Å². The van der Waals surface area contributed by atoms with Gasteiger partial charge in [-0.05, 0) is 19.1 Å². The fourth-order valence-electron chi connectivity index (χ4n) is 1.80. The van der Waals surface area contributed by atoms with Crippen molar-refractivity contribution in [2.24, 2.45) is 5.73 Å². The summed E-state index contributed by atoms with van der Waals surface area (Å²) in [4.78, 5) is 10.8. The lowest BCUT2D eigenvalue weighted by atomic mass is 10.3. The number of hydrogen-bond acceptors (Lipinski definition) is 5. The maximum atomic E-state index is 5.49. The normalized spacial score (nSPS) is 10.3. The largest absolute Gasteiger partial charge is 0.369 e. The average Bonchev–Trinajstić information content (AvgIpc) is 2.44. The Hall–Kier alpha value is -2.14. The van der Waals surface area contributed by atoms with Gasteiger partial charge in [0.05, 0.1) is 0 Å². The van der Waals surface area contributed by atoms with E-state index in [-0.39, 0.29) is 0 Å². The predicted octanol–water partition coefficient (Wildman–Crippen LogP) is 1.92. The fourth-order valence-corrected chi connectivity index (χ4v) is 1.80. The summed E-state index contributed by atoms with van der Waals surface area (Å²) in [5, 5.41) is 3.18. The SMILES string of the molecule is Cc1nc(NCCN)cc(N(C)c2ccccc2)n1. The molecule has 1 aromatic carbocycles. The summed E-state index contributed by atoms with van der Waals surface area (Å²) in [5.41, 5.74) is 6.58. The number of aromatic nitrogens is 2. The Morgan fingerprint density at radius 3 is 2.63 bits per heavy atom. The summed E-state index contributed by atoms with van der Waals surface area (Å²) in [6.45, 7) is 3.16. The Kier molecular flexibility index (Phi) is 4.30. The summed E-state index contributed by atoms with van der Waals surface area (Å²) in [5.74, 6) is 2.40. The van der Waals surface area contributed by atoms with Gasteiger partial charge in [0.2, 0.25) is 0 Å². The Bertz CT molecular complexity index is 527. The zero-order valence-corrected chi connectivity index (χ0v) is 11.3. The van der Waals surface area contributed by atoms with Crippen molar-refractivity contribution in [2.45, 2.75) is 6.92 Å². The maximum absolute atomic E-state index is 5.49. The van der Waals surface area contributed by atoms with E-state index < -0.39 is 0 Å². The second kappa shape index (κ2) is 6.15. The van der Waals surface area contributed by atoms with Gasteiger partial charge in [-0.25, -0.2) is 9.97 Å². The third kappa shape index (κ3) is 3.42. The Morgan fingerprint density at radius 2 is 1.95 bits per heavy atom. The first-order chi connectivity index (χ1) is 9.20. The van der Waals surface area contributed by atoms with Gasteiger partial charge in [-0.2, -0.15) is 0 Å². The quantitative estimate of drug-likeness (QED) is 0.856. The van der Waals surface area contributed by atoms with E-state index in [9.17, 15) is 0 Å². The van der Waals surface area contributed by atoms with Gasteiger partial charge < -0.3 is 16.0 Å². The molecule has 0 saturated heterocycles. The van der Waals surface area contributed by atoms with E-state index in [1.54, 1.807) is 0 Å². The number of nitrogens with one attached hydrogen (secondary N) is 1. The first kappa shape index (κ1) is 13.3. The minimum absolute atomic E-state index is 0.576. The fraction of sp³-hybridized carbons (Fsp3) is 0.286. The molecule has 1 aromatic heterocycles. The summed E-state index contributed by atoms with van der Waals surface area (Å²) in [6, 6.07) is 12.0. The molecule has 0 spiro atoms. The molecule has 2 aromatic rings. The van der Waals surface area contributed by atoms with Gasteiger partial charge in [-0.15, -0.1) is 0 Å². The van der Waals surface area contributed by atoms with Crippen molar-refractivity contribution in [2.75, 3.05) is 30.4 Å². The van der Waals surface area contributed by atoms with Crippen LogP contribution in [0.3, 0.4) is 0 Å². The summed E-state index contributed by atoms with van der Waals surface area (Å²) in [6.07, 6.45) is 0. The number of anilines is 3. The molecule has 0 aliphatic rings. The number of hydrogen-bond donors (Lipinski definition) is 2. The van der Waals surface area contributed by atoms with Crippen molar-refractivity contribution < 1.29 is 0 Å². The first-order valence-electron chi connectivity index (χ1n) is 6.29. The van der Waals surface area contributed by atoms with Gasteiger partial charge in [0.1, 0.15) is 17.5 Å². The Balaban J connectivity index is 2.26. The van der Waals surface area contributed by atoms with Crippen LogP contribution in [-0.2, 0) is 0 Å². The van der Waals surface area contributed by atoms with Crippen LogP contribution in [0.1, 0.15) is 5.82 Å². The van der Waals surface area contributed by atoms with Gasteiger partial charge in [-0.3, -0.25) is 0 Å². The van der Waals surface area contributed by atoms with Crippen LogP contribution >= 0.6 is 0 Å². The van der Waals surface area contributed by atoms with Gasteiger partial charge >= 0.3 is 0 Å². The monoisotopic (exact) mass is 257 g/mol. The third-order valence-electron chi connectivity index (χ3n) is 2.76.